The maximum atomic E-state index is 13.3. The smallest absolute Gasteiger partial charge is 0.280 e. The van der Waals surface area contributed by atoms with E-state index in [1.165, 1.54) is 5.56 Å². The van der Waals surface area contributed by atoms with Crippen LogP contribution in [0.1, 0.15) is 34.9 Å². The molecule has 4 rings (SSSR count). The first-order valence-electron chi connectivity index (χ1n) is 9.84. The van der Waals surface area contributed by atoms with Gasteiger partial charge in [-0.2, -0.15) is 0 Å². The highest BCUT2D eigenvalue weighted by Gasteiger charge is 2.23. The van der Waals surface area contributed by atoms with Gasteiger partial charge in [-0.15, -0.1) is 17.5 Å². The number of nitrogens with zero attached hydrogens (tertiary/aromatic N) is 4. The van der Waals surface area contributed by atoms with Crippen molar-refractivity contribution in [1.29, 1.82) is 0 Å². The molecule has 7 heteroatoms. The van der Waals surface area contributed by atoms with Crippen LogP contribution in [0.15, 0.2) is 66.9 Å². The van der Waals surface area contributed by atoms with E-state index in [1.807, 2.05) is 53.2 Å². The molecule has 0 saturated carbocycles. The van der Waals surface area contributed by atoms with Crippen LogP contribution in [0.5, 0.6) is 0 Å². The van der Waals surface area contributed by atoms with Gasteiger partial charge in [-0.25, -0.2) is 4.68 Å². The minimum Gasteiger partial charge on any atom is -0.317 e. The van der Waals surface area contributed by atoms with Crippen molar-refractivity contribution < 1.29 is 4.79 Å². The molecule has 1 amide bonds. The van der Waals surface area contributed by atoms with Gasteiger partial charge in [0.1, 0.15) is 0 Å². The molecule has 1 N–H and O–H groups in total. The van der Waals surface area contributed by atoms with Gasteiger partial charge in [0.2, 0.25) is 0 Å². The maximum Gasteiger partial charge on any atom is 0.280 e. The van der Waals surface area contributed by atoms with Crippen molar-refractivity contribution in [3.8, 4) is 0 Å². The molecule has 0 spiro atoms. The first-order valence-corrected chi connectivity index (χ1v) is 9.84. The molecule has 0 aliphatic carbocycles. The Morgan fingerprint density at radius 2 is 1.69 bits per heavy atom. The fourth-order valence-corrected chi connectivity index (χ4v) is 3.60. The van der Waals surface area contributed by atoms with Gasteiger partial charge in [-0.1, -0.05) is 53.7 Å². The van der Waals surface area contributed by atoms with Crippen LogP contribution < -0.4 is 10.2 Å². The molecule has 6 nitrogen and oxygen atoms in total. The highest BCUT2D eigenvalue weighted by molar-refractivity contribution is 6.04. The Kier molecular flexibility index (Phi) is 7.38. The Labute approximate surface area is 177 Å². The molecular weight excluding hydrogens is 386 g/mol. The Bertz CT molecular complexity index is 894. The fraction of sp³-hybridized carbons (Fsp3) is 0.318. The third-order valence-corrected chi connectivity index (χ3v) is 5.19. The summed E-state index contributed by atoms with van der Waals surface area (Å²) in [7, 11) is 0. The van der Waals surface area contributed by atoms with Crippen molar-refractivity contribution >= 4 is 24.0 Å². The van der Waals surface area contributed by atoms with E-state index in [0.717, 1.165) is 38.0 Å². The summed E-state index contributed by atoms with van der Waals surface area (Å²) in [6.45, 7) is 2.54. The molecule has 1 saturated heterocycles. The molecule has 1 fully saturated rings. The third kappa shape index (κ3) is 5.22. The monoisotopic (exact) mass is 411 g/mol. The number of hydrogen-bond acceptors (Lipinski definition) is 4. The molecular formula is C22H26ClN5O. The fourth-order valence-electron chi connectivity index (χ4n) is 3.60. The lowest BCUT2D eigenvalue weighted by Gasteiger charge is -2.23. The van der Waals surface area contributed by atoms with Gasteiger partial charge in [0.15, 0.2) is 5.69 Å². The molecule has 3 aromatic rings. The molecule has 29 heavy (non-hydrogen) atoms. The van der Waals surface area contributed by atoms with Crippen molar-refractivity contribution in [1.82, 2.24) is 20.3 Å². The molecule has 152 valence electrons. The van der Waals surface area contributed by atoms with E-state index >= 15 is 0 Å². The van der Waals surface area contributed by atoms with E-state index in [-0.39, 0.29) is 18.3 Å². The van der Waals surface area contributed by atoms with E-state index in [9.17, 15) is 4.79 Å². The second kappa shape index (κ2) is 10.2. The highest BCUT2D eigenvalue weighted by Crippen LogP contribution is 2.20. The van der Waals surface area contributed by atoms with Crippen LogP contribution in [0, 0.1) is 0 Å². The summed E-state index contributed by atoms with van der Waals surface area (Å²) in [6, 6.07) is 20.3. The van der Waals surface area contributed by atoms with Crippen molar-refractivity contribution in [3.63, 3.8) is 0 Å². The number of halogens is 1. The van der Waals surface area contributed by atoms with E-state index < -0.39 is 0 Å². The van der Waals surface area contributed by atoms with Gasteiger partial charge in [-0.05, 0) is 50.0 Å². The summed E-state index contributed by atoms with van der Waals surface area (Å²) in [5.41, 5.74) is 2.48. The molecule has 1 aliphatic rings. The lowest BCUT2D eigenvalue weighted by Crippen LogP contribution is -2.33. The Morgan fingerprint density at radius 1 is 1.03 bits per heavy atom. The van der Waals surface area contributed by atoms with Gasteiger partial charge >= 0.3 is 0 Å². The molecule has 0 atom stereocenters. The van der Waals surface area contributed by atoms with Gasteiger partial charge in [0.25, 0.3) is 5.91 Å². The predicted octanol–water partition coefficient (Wildman–Crippen LogP) is 3.51. The van der Waals surface area contributed by atoms with Crippen LogP contribution >= 0.6 is 12.4 Å². The molecule has 2 heterocycles. The number of carbonyl (C=O) groups excluding carboxylic acids is 1. The molecule has 0 unspecified atom stereocenters. The summed E-state index contributed by atoms with van der Waals surface area (Å²) >= 11 is 0. The molecule has 0 radical (unpaired) electrons. The van der Waals surface area contributed by atoms with Crippen LogP contribution in [-0.4, -0.2) is 40.5 Å². The number of rotatable bonds is 6. The summed E-state index contributed by atoms with van der Waals surface area (Å²) in [6.07, 6.45) is 4.60. The van der Waals surface area contributed by atoms with Crippen LogP contribution in [0.4, 0.5) is 5.69 Å². The second-order valence-electron chi connectivity index (χ2n) is 7.09. The largest absolute Gasteiger partial charge is 0.317 e. The van der Waals surface area contributed by atoms with Crippen LogP contribution in [0.3, 0.4) is 0 Å². The van der Waals surface area contributed by atoms with Crippen LogP contribution in [0.25, 0.3) is 0 Å². The lowest BCUT2D eigenvalue weighted by molar-refractivity contribution is 0.0982. The third-order valence-electron chi connectivity index (χ3n) is 5.19. The maximum absolute atomic E-state index is 13.3. The van der Waals surface area contributed by atoms with Crippen molar-refractivity contribution in [3.05, 3.63) is 78.1 Å². The summed E-state index contributed by atoms with van der Waals surface area (Å²) in [5, 5.41) is 11.8. The Morgan fingerprint density at radius 3 is 2.38 bits per heavy atom. The zero-order valence-electron chi connectivity index (χ0n) is 16.3. The number of amides is 1. The summed E-state index contributed by atoms with van der Waals surface area (Å²) < 4.78 is 1.86. The van der Waals surface area contributed by atoms with Crippen LogP contribution in [-0.2, 0) is 6.42 Å². The van der Waals surface area contributed by atoms with E-state index in [0.29, 0.717) is 18.3 Å². The number of piperidine rings is 1. The van der Waals surface area contributed by atoms with Crippen molar-refractivity contribution in [2.24, 2.45) is 0 Å². The normalized spacial score (nSPS) is 14.2. The second-order valence-corrected chi connectivity index (χ2v) is 7.09. The number of anilines is 1. The Balaban J connectivity index is 0.00000240. The van der Waals surface area contributed by atoms with Gasteiger partial charge in [-0.3, -0.25) is 4.79 Å². The van der Waals surface area contributed by atoms with Gasteiger partial charge < -0.3 is 10.2 Å². The quantitative estimate of drug-likeness (QED) is 0.674. The first kappa shape index (κ1) is 21.0. The minimum atomic E-state index is -0.109. The summed E-state index contributed by atoms with van der Waals surface area (Å²) in [4.78, 5) is 15.1. The van der Waals surface area contributed by atoms with E-state index in [4.69, 9.17) is 0 Å². The van der Waals surface area contributed by atoms with E-state index in [1.54, 1.807) is 11.1 Å². The van der Waals surface area contributed by atoms with Gasteiger partial charge in [0.05, 0.1) is 12.2 Å². The SMILES string of the molecule is Cl.O=C(c1cn(C2CCNCC2)nn1)N(CCc1ccccc1)c1ccccc1. The Hall–Kier alpha value is -2.70. The first-order chi connectivity index (χ1) is 13.8. The average molecular weight is 412 g/mol. The van der Waals surface area contributed by atoms with Crippen LogP contribution in [0.2, 0.25) is 0 Å². The zero-order chi connectivity index (χ0) is 19.2. The predicted molar refractivity (Wildman–Crippen MR) is 117 cm³/mol. The molecule has 1 aliphatic heterocycles. The highest BCUT2D eigenvalue weighted by atomic mass is 35.5. The number of aromatic nitrogens is 3. The number of benzene rings is 2. The zero-order valence-corrected chi connectivity index (χ0v) is 17.1. The topological polar surface area (TPSA) is 63.1 Å². The van der Waals surface area contributed by atoms with Crippen molar-refractivity contribution in [2.75, 3.05) is 24.5 Å². The van der Waals surface area contributed by atoms with E-state index in [2.05, 4.69) is 27.8 Å². The molecule has 2 aromatic carbocycles. The standard InChI is InChI=1S/C22H25N5O.ClH/c28-22(21-17-27(25-24-21)20-11-14-23-15-12-20)26(19-9-5-2-6-10-19)16-13-18-7-3-1-4-8-18;/h1-10,17,20,23H,11-16H2;1H. The minimum absolute atomic E-state index is 0. The number of nitrogens with one attached hydrogen (secondary N) is 1. The number of hydrogen-bond donors (Lipinski definition) is 1. The lowest BCUT2D eigenvalue weighted by atomic mass is 10.1. The molecule has 0 bridgehead atoms. The average Bonchev–Trinajstić information content (AvgIpc) is 3.26. The van der Waals surface area contributed by atoms with Crippen molar-refractivity contribution in [2.45, 2.75) is 25.3 Å². The number of carbonyl (C=O) groups is 1. The number of para-hydroxylation sites is 1. The molecule has 1 aromatic heterocycles. The van der Waals surface area contributed by atoms with Gasteiger partial charge in [0, 0.05) is 12.2 Å². The summed E-state index contributed by atoms with van der Waals surface area (Å²) in [5.74, 6) is -0.109.